The standard InChI is InChI=1S/C50H75FN2O7/c1-31(2)42-36(55)27-50(40(59-32(3)54)30-53(26-25-52(11)12)29-33-13-15-34(51)16-14-33)24-23-48(9)35(43(42)50)17-18-38-47(8)21-20-39(60-41(56)28-45(4,5)44(57)58)46(6,7)37(47)19-22-49(38,48)10/h13-16,31,35,37-40H,17-30H2,1-12H3,(H,57,58)/t35-,37+,38-,39+,40+,47+,48-,49-,50+/m1/s1. The van der Waals surface area contributed by atoms with Crippen molar-refractivity contribution in [1.82, 2.24) is 9.80 Å². The summed E-state index contributed by atoms with van der Waals surface area (Å²) in [6.07, 6.45) is 6.85. The lowest BCUT2D eigenvalue weighted by Crippen LogP contribution is -2.66. The van der Waals surface area contributed by atoms with Crippen LogP contribution in [0.2, 0.25) is 0 Å². The van der Waals surface area contributed by atoms with Gasteiger partial charge in [0.05, 0.1) is 11.8 Å². The molecule has 0 radical (unpaired) electrons. The number of benzene rings is 1. The Balaban J connectivity index is 1.33. The Morgan fingerprint density at radius 3 is 2.17 bits per heavy atom. The molecular weight excluding hydrogens is 760 g/mol. The number of carboxylic acids is 1. The van der Waals surface area contributed by atoms with Crippen LogP contribution in [0.5, 0.6) is 0 Å². The second-order valence-electron chi connectivity index (χ2n) is 22.3. The molecule has 10 heteroatoms. The number of likely N-dealkylation sites (N-methyl/N-ethyl adjacent to an activating group) is 1. The molecule has 6 rings (SSSR count). The van der Waals surface area contributed by atoms with Crippen molar-refractivity contribution in [3.8, 4) is 0 Å². The number of hydrogen-bond acceptors (Lipinski definition) is 8. The van der Waals surface area contributed by atoms with Crippen molar-refractivity contribution < 1.29 is 38.1 Å². The highest BCUT2D eigenvalue weighted by Crippen LogP contribution is 2.77. The number of Topliss-reactive ketones (excluding diaryl/α,β-unsaturated/α-hetero) is 1. The molecule has 1 aromatic rings. The summed E-state index contributed by atoms with van der Waals surface area (Å²) in [5, 5.41) is 9.67. The third-order valence-electron chi connectivity index (χ3n) is 17.4. The van der Waals surface area contributed by atoms with Gasteiger partial charge in [0, 0.05) is 50.4 Å². The molecule has 1 aromatic carbocycles. The molecular formula is C50H75FN2O7. The first-order valence-corrected chi connectivity index (χ1v) is 22.8. The van der Waals surface area contributed by atoms with Gasteiger partial charge in [-0.3, -0.25) is 24.1 Å². The van der Waals surface area contributed by atoms with E-state index >= 15 is 0 Å². The smallest absolute Gasteiger partial charge is 0.309 e. The number of halogens is 1. The first kappa shape index (κ1) is 46.4. The van der Waals surface area contributed by atoms with Gasteiger partial charge in [0.25, 0.3) is 0 Å². The minimum atomic E-state index is -1.19. The van der Waals surface area contributed by atoms with Gasteiger partial charge in [-0.15, -0.1) is 0 Å². The van der Waals surface area contributed by atoms with Gasteiger partial charge in [0.1, 0.15) is 18.0 Å². The topological polar surface area (TPSA) is 113 Å². The number of fused-ring (bicyclic) bond motifs is 7. The largest absolute Gasteiger partial charge is 0.481 e. The zero-order valence-corrected chi connectivity index (χ0v) is 38.8. The summed E-state index contributed by atoms with van der Waals surface area (Å²) in [5.41, 5.74) is 1.03. The number of hydrogen-bond donors (Lipinski definition) is 1. The summed E-state index contributed by atoms with van der Waals surface area (Å²) in [5.74, 6) is -0.888. The van der Waals surface area contributed by atoms with E-state index in [1.54, 1.807) is 13.8 Å². The number of esters is 2. The van der Waals surface area contributed by atoms with E-state index < -0.39 is 28.9 Å². The molecule has 5 aliphatic carbocycles. The number of carbonyl (C=O) groups is 4. The van der Waals surface area contributed by atoms with Crippen molar-refractivity contribution in [3.63, 3.8) is 0 Å². The van der Waals surface area contributed by atoms with Crippen LogP contribution in [-0.4, -0.2) is 84.5 Å². The zero-order chi connectivity index (χ0) is 44.4. The van der Waals surface area contributed by atoms with E-state index in [0.717, 1.165) is 75.6 Å². The fourth-order valence-electron chi connectivity index (χ4n) is 14.1. The third kappa shape index (κ3) is 8.03. The lowest BCUT2D eigenvalue weighted by atomic mass is 9.33. The van der Waals surface area contributed by atoms with Crippen molar-refractivity contribution in [2.45, 2.75) is 152 Å². The fraction of sp³-hybridized carbons (Fsp3) is 0.760. The van der Waals surface area contributed by atoms with E-state index in [1.165, 1.54) is 24.6 Å². The Morgan fingerprint density at radius 1 is 0.900 bits per heavy atom. The Kier molecular flexibility index (Phi) is 12.8. The Labute approximate surface area is 359 Å². The van der Waals surface area contributed by atoms with E-state index in [4.69, 9.17) is 9.47 Å². The molecule has 1 N–H and O–H groups in total. The van der Waals surface area contributed by atoms with Crippen LogP contribution in [0, 0.1) is 62.0 Å². The number of nitrogens with zero attached hydrogens (tertiary/aromatic N) is 2. The molecule has 4 fully saturated rings. The van der Waals surface area contributed by atoms with Crippen LogP contribution in [0.1, 0.15) is 139 Å². The molecule has 0 saturated heterocycles. The van der Waals surface area contributed by atoms with E-state index in [0.29, 0.717) is 31.3 Å². The Bertz CT molecular complexity index is 1850. The Hall–Kier alpha value is -3.11. The van der Waals surface area contributed by atoms with Crippen molar-refractivity contribution in [2.75, 3.05) is 33.7 Å². The van der Waals surface area contributed by atoms with Gasteiger partial charge >= 0.3 is 17.9 Å². The number of aliphatic carboxylic acids is 1. The fourth-order valence-corrected chi connectivity index (χ4v) is 14.1. The third-order valence-corrected chi connectivity index (χ3v) is 17.4. The zero-order valence-electron chi connectivity index (χ0n) is 38.8. The maximum atomic E-state index is 14.6. The molecule has 0 amide bonds. The molecule has 4 saturated carbocycles. The summed E-state index contributed by atoms with van der Waals surface area (Å²) >= 11 is 0. The van der Waals surface area contributed by atoms with Crippen molar-refractivity contribution in [3.05, 3.63) is 46.8 Å². The van der Waals surface area contributed by atoms with Crippen LogP contribution in [-0.2, 0) is 35.2 Å². The minimum absolute atomic E-state index is 0.0105. The van der Waals surface area contributed by atoms with Crippen LogP contribution < -0.4 is 0 Å². The highest BCUT2D eigenvalue weighted by Gasteiger charge is 2.71. The maximum absolute atomic E-state index is 14.6. The van der Waals surface area contributed by atoms with Gasteiger partial charge in [-0.1, -0.05) is 60.6 Å². The van der Waals surface area contributed by atoms with Gasteiger partial charge in [-0.05, 0) is 148 Å². The van der Waals surface area contributed by atoms with Crippen molar-refractivity contribution in [2.24, 2.45) is 56.2 Å². The number of ketones is 1. The average Bonchev–Trinajstić information content (AvgIpc) is 3.45. The monoisotopic (exact) mass is 835 g/mol. The predicted molar refractivity (Wildman–Crippen MR) is 231 cm³/mol. The second-order valence-corrected chi connectivity index (χ2v) is 22.3. The Morgan fingerprint density at radius 2 is 1.57 bits per heavy atom. The predicted octanol–water partition coefficient (Wildman–Crippen LogP) is 9.51. The first-order valence-electron chi connectivity index (χ1n) is 22.8. The molecule has 0 unspecified atom stereocenters. The lowest BCUT2D eigenvalue weighted by Gasteiger charge is -2.72. The van der Waals surface area contributed by atoms with Gasteiger partial charge in [-0.2, -0.15) is 0 Å². The first-order chi connectivity index (χ1) is 27.8. The number of carboxylic acid groups (broad SMARTS) is 1. The van der Waals surface area contributed by atoms with Gasteiger partial charge in [-0.25, -0.2) is 4.39 Å². The van der Waals surface area contributed by atoms with Crippen molar-refractivity contribution in [1.29, 1.82) is 0 Å². The van der Waals surface area contributed by atoms with E-state index in [2.05, 4.69) is 58.3 Å². The van der Waals surface area contributed by atoms with Gasteiger partial charge < -0.3 is 19.5 Å². The quantitative estimate of drug-likeness (QED) is 0.183. The van der Waals surface area contributed by atoms with Crippen LogP contribution >= 0.6 is 0 Å². The normalized spacial score (nSPS) is 34.2. The summed E-state index contributed by atoms with van der Waals surface area (Å²) in [6.45, 7) is 23.6. The van der Waals surface area contributed by atoms with Gasteiger partial charge in [0.2, 0.25) is 0 Å². The average molecular weight is 835 g/mol. The summed E-state index contributed by atoms with van der Waals surface area (Å²) < 4.78 is 26.7. The van der Waals surface area contributed by atoms with Crippen LogP contribution in [0.15, 0.2) is 35.4 Å². The van der Waals surface area contributed by atoms with E-state index in [-0.39, 0.29) is 63.6 Å². The molecule has 0 bridgehead atoms. The maximum Gasteiger partial charge on any atom is 0.309 e. The molecule has 9 nitrogen and oxygen atoms in total. The van der Waals surface area contributed by atoms with Crippen molar-refractivity contribution >= 4 is 23.7 Å². The van der Waals surface area contributed by atoms with Crippen LogP contribution in [0.3, 0.4) is 0 Å². The SMILES string of the molecule is CC(=O)O[C@@H](CN(CCN(C)C)Cc1ccc(F)cc1)[C@@]12CC[C@]3(C)[C@H](CC[C@@H]4[C@@]5(C)CC[C@H](OC(=O)CC(C)(C)C(=O)O)C(C)(C)[C@@H]5CC[C@]43C)C1=C(C(C)C)C(=O)C2. The highest BCUT2D eigenvalue weighted by molar-refractivity contribution is 6.01. The van der Waals surface area contributed by atoms with Crippen LogP contribution in [0.4, 0.5) is 4.39 Å². The lowest BCUT2D eigenvalue weighted by molar-refractivity contribution is -0.235. The molecule has 60 heavy (non-hydrogen) atoms. The molecule has 5 aliphatic rings. The number of carbonyl (C=O) groups excluding carboxylic acids is 3. The number of ether oxygens (including phenoxy) is 2. The molecule has 0 spiro atoms. The van der Waals surface area contributed by atoms with Gasteiger partial charge in [0.15, 0.2) is 5.78 Å². The molecule has 334 valence electrons. The minimum Gasteiger partial charge on any atom is -0.481 e. The molecule has 9 atom stereocenters. The number of rotatable bonds is 14. The van der Waals surface area contributed by atoms with Crippen LogP contribution in [0.25, 0.3) is 0 Å². The summed E-state index contributed by atoms with van der Waals surface area (Å²) in [6, 6.07) is 6.63. The highest BCUT2D eigenvalue weighted by atomic mass is 19.1. The molecule has 0 aromatic heterocycles. The summed E-state index contributed by atoms with van der Waals surface area (Å²) in [4.78, 5) is 57.2. The molecule has 0 heterocycles. The number of allylic oxidation sites excluding steroid dienone is 1. The van der Waals surface area contributed by atoms with E-state index in [1.807, 2.05) is 26.2 Å². The summed E-state index contributed by atoms with van der Waals surface area (Å²) in [7, 11) is 4.09. The van der Waals surface area contributed by atoms with E-state index in [9.17, 15) is 28.7 Å². The second kappa shape index (κ2) is 16.5. The molecule has 0 aliphatic heterocycles.